The molecule has 0 aromatic carbocycles. The molecule has 0 atom stereocenters. The minimum atomic E-state index is 0.0298. The Morgan fingerprint density at radius 3 is 2.67 bits per heavy atom. The molecule has 24 heavy (non-hydrogen) atoms. The van der Waals surface area contributed by atoms with Gasteiger partial charge in [-0.1, -0.05) is 6.07 Å². The van der Waals surface area contributed by atoms with Gasteiger partial charge in [0.25, 0.3) is 5.91 Å². The minimum Gasteiger partial charge on any atom is -0.337 e. The number of carbonyl (C=O) groups excluding carboxylic acids is 1. The summed E-state index contributed by atoms with van der Waals surface area (Å²) in [4.78, 5) is 23.5. The number of hydrogen-bond acceptors (Lipinski definition) is 3. The van der Waals surface area contributed by atoms with Crippen LogP contribution in [-0.4, -0.2) is 38.3 Å². The van der Waals surface area contributed by atoms with E-state index in [1.165, 1.54) is 5.56 Å². The molecule has 0 saturated heterocycles. The Kier molecular flexibility index (Phi) is 4.60. The summed E-state index contributed by atoms with van der Waals surface area (Å²) in [5.74, 6) is 0.0298. The van der Waals surface area contributed by atoms with Crippen LogP contribution in [0.5, 0.6) is 0 Å². The largest absolute Gasteiger partial charge is 0.337 e. The van der Waals surface area contributed by atoms with Gasteiger partial charge in [-0.2, -0.15) is 0 Å². The Balaban J connectivity index is 1.86. The summed E-state index contributed by atoms with van der Waals surface area (Å²) < 4.78 is 1.90. The highest BCUT2D eigenvalue weighted by atomic mass is 16.2. The molecule has 5 heteroatoms. The molecule has 1 amide bonds. The lowest BCUT2D eigenvalue weighted by Crippen LogP contribution is -2.34. The van der Waals surface area contributed by atoms with Crippen molar-refractivity contribution in [3.05, 3.63) is 65.4 Å². The molecule has 0 aliphatic rings. The van der Waals surface area contributed by atoms with Crippen molar-refractivity contribution in [2.75, 3.05) is 13.1 Å². The third-order valence-corrected chi connectivity index (χ3v) is 4.31. The Morgan fingerprint density at radius 1 is 1.21 bits per heavy atom. The van der Waals surface area contributed by atoms with Crippen LogP contribution in [0.1, 0.15) is 34.2 Å². The molecule has 3 aromatic heterocycles. The molecule has 0 radical (unpaired) electrons. The number of aromatic nitrogens is 3. The predicted octanol–water partition coefficient (Wildman–Crippen LogP) is 3.05. The lowest BCUT2D eigenvalue weighted by Gasteiger charge is -2.21. The van der Waals surface area contributed by atoms with Gasteiger partial charge in [-0.25, -0.2) is 4.98 Å². The fourth-order valence-corrected chi connectivity index (χ4v) is 2.94. The van der Waals surface area contributed by atoms with E-state index in [2.05, 4.69) is 9.97 Å². The number of imidazole rings is 1. The van der Waals surface area contributed by atoms with Crippen molar-refractivity contribution in [1.82, 2.24) is 19.3 Å². The van der Waals surface area contributed by atoms with Crippen LogP contribution in [0.15, 0.2) is 42.9 Å². The van der Waals surface area contributed by atoms with Crippen LogP contribution in [0, 0.1) is 13.8 Å². The van der Waals surface area contributed by atoms with Crippen LogP contribution < -0.4 is 0 Å². The van der Waals surface area contributed by atoms with Crippen LogP contribution in [-0.2, 0) is 6.42 Å². The SMILES string of the molecule is CCN(CCc1ccncc1)C(=O)c1c(C)nc2c(C)cccn12. The van der Waals surface area contributed by atoms with Crippen molar-refractivity contribution in [2.45, 2.75) is 27.2 Å². The molecule has 3 heterocycles. The average Bonchev–Trinajstić information content (AvgIpc) is 2.93. The number of amides is 1. The van der Waals surface area contributed by atoms with Gasteiger partial charge in [0.2, 0.25) is 0 Å². The minimum absolute atomic E-state index is 0.0298. The maximum absolute atomic E-state index is 13.1. The Morgan fingerprint density at radius 2 is 1.96 bits per heavy atom. The third kappa shape index (κ3) is 3.02. The summed E-state index contributed by atoms with van der Waals surface area (Å²) in [5, 5.41) is 0. The van der Waals surface area contributed by atoms with Crippen LogP contribution in [0.4, 0.5) is 0 Å². The molecule has 124 valence electrons. The van der Waals surface area contributed by atoms with Gasteiger partial charge in [-0.15, -0.1) is 0 Å². The van der Waals surface area contributed by atoms with E-state index in [9.17, 15) is 4.79 Å². The van der Waals surface area contributed by atoms with Crippen molar-refractivity contribution < 1.29 is 4.79 Å². The Bertz CT molecular complexity index is 854. The zero-order chi connectivity index (χ0) is 17.1. The standard InChI is InChI=1S/C19H22N4O/c1-4-22(13-9-16-7-10-20-11-8-16)19(24)17-15(3)21-18-14(2)6-5-12-23(17)18/h5-8,10-12H,4,9,13H2,1-3H3. The fraction of sp³-hybridized carbons (Fsp3) is 0.316. The first kappa shape index (κ1) is 16.2. The fourth-order valence-electron chi connectivity index (χ4n) is 2.94. The molecule has 0 spiro atoms. The summed E-state index contributed by atoms with van der Waals surface area (Å²) >= 11 is 0. The van der Waals surface area contributed by atoms with E-state index < -0.39 is 0 Å². The van der Waals surface area contributed by atoms with Gasteiger partial charge in [0.15, 0.2) is 0 Å². The number of nitrogens with zero attached hydrogens (tertiary/aromatic N) is 4. The number of pyridine rings is 2. The highest BCUT2D eigenvalue weighted by Crippen LogP contribution is 2.17. The smallest absolute Gasteiger partial charge is 0.272 e. The predicted molar refractivity (Wildman–Crippen MR) is 94.2 cm³/mol. The van der Waals surface area contributed by atoms with E-state index in [1.807, 2.05) is 60.5 Å². The maximum Gasteiger partial charge on any atom is 0.272 e. The molecule has 0 bridgehead atoms. The maximum atomic E-state index is 13.1. The normalized spacial score (nSPS) is 11.0. The number of rotatable bonds is 5. The van der Waals surface area contributed by atoms with Crippen molar-refractivity contribution >= 4 is 11.6 Å². The van der Waals surface area contributed by atoms with Gasteiger partial charge in [-0.3, -0.25) is 14.2 Å². The van der Waals surface area contributed by atoms with E-state index in [1.54, 1.807) is 12.4 Å². The monoisotopic (exact) mass is 322 g/mol. The second-order valence-corrected chi connectivity index (χ2v) is 5.92. The van der Waals surface area contributed by atoms with Crippen molar-refractivity contribution in [1.29, 1.82) is 0 Å². The quantitative estimate of drug-likeness (QED) is 0.725. The first-order valence-corrected chi connectivity index (χ1v) is 8.24. The van der Waals surface area contributed by atoms with Gasteiger partial charge in [0, 0.05) is 31.7 Å². The zero-order valence-electron chi connectivity index (χ0n) is 14.4. The summed E-state index contributed by atoms with van der Waals surface area (Å²) in [6.45, 7) is 7.27. The lowest BCUT2D eigenvalue weighted by molar-refractivity contribution is 0.0758. The molecule has 0 fully saturated rings. The van der Waals surface area contributed by atoms with Gasteiger partial charge < -0.3 is 4.90 Å². The van der Waals surface area contributed by atoms with E-state index in [4.69, 9.17) is 0 Å². The Hall–Kier alpha value is -2.69. The molecule has 3 aromatic rings. The molecular formula is C19H22N4O. The number of hydrogen-bond donors (Lipinski definition) is 0. The van der Waals surface area contributed by atoms with Gasteiger partial charge in [0.1, 0.15) is 11.3 Å². The highest BCUT2D eigenvalue weighted by molar-refractivity contribution is 5.94. The summed E-state index contributed by atoms with van der Waals surface area (Å²) in [5.41, 5.74) is 4.53. The third-order valence-electron chi connectivity index (χ3n) is 4.31. The van der Waals surface area contributed by atoms with Crippen LogP contribution in [0.25, 0.3) is 5.65 Å². The van der Waals surface area contributed by atoms with E-state index >= 15 is 0 Å². The molecule has 0 aliphatic heterocycles. The van der Waals surface area contributed by atoms with Gasteiger partial charge in [0.05, 0.1) is 5.69 Å². The van der Waals surface area contributed by atoms with Crippen molar-refractivity contribution in [3.63, 3.8) is 0 Å². The van der Waals surface area contributed by atoms with E-state index in [0.717, 1.165) is 23.3 Å². The number of carbonyl (C=O) groups is 1. The highest BCUT2D eigenvalue weighted by Gasteiger charge is 2.22. The van der Waals surface area contributed by atoms with Crippen LogP contribution in [0.2, 0.25) is 0 Å². The lowest BCUT2D eigenvalue weighted by atomic mass is 10.2. The van der Waals surface area contributed by atoms with Gasteiger partial charge >= 0.3 is 0 Å². The first-order chi connectivity index (χ1) is 11.6. The Labute approximate surface area is 142 Å². The number of likely N-dealkylation sites (N-methyl/N-ethyl adjacent to an activating group) is 1. The van der Waals surface area contributed by atoms with Gasteiger partial charge in [-0.05, 0) is 56.5 Å². The summed E-state index contributed by atoms with van der Waals surface area (Å²) in [6.07, 6.45) is 6.29. The second-order valence-electron chi connectivity index (χ2n) is 5.92. The number of fused-ring (bicyclic) bond motifs is 1. The topological polar surface area (TPSA) is 50.5 Å². The van der Waals surface area contributed by atoms with Crippen molar-refractivity contribution in [3.8, 4) is 0 Å². The van der Waals surface area contributed by atoms with E-state index in [0.29, 0.717) is 18.8 Å². The zero-order valence-corrected chi connectivity index (χ0v) is 14.4. The molecule has 0 aliphatic carbocycles. The summed E-state index contributed by atoms with van der Waals surface area (Å²) in [7, 11) is 0. The van der Waals surface area contributed by atoms with E-state index in [-0.39, 0.29) is 5.91 Å². The van der Waals surface area contributed by atoms with Crippen molar-refractivity contribution in [2.24, 2.45) is 0 Å². The molecule has 3 rings (SSSR count). The second kappa shape index (κ2) is 6.83. The van der Waals surface area contributed by atoms with Crippen LogP contribution in [0.3, 0.4) is 0 Å². The molecule has 0 saturated carbocycles. The molecular weight excluding hydrogens is 300 g/mol. The number of aryl methyl sites for hydroxylation is 2. The molecule has 0 unspecified atom stereocenters. The first-order valence-electron chi connectivity index (χ1n) is 8.24. The van der Waals surface area contributed by atoms with Crippen LogP contribution >= 0.6 is 0 Å². The molecule has 0 N–H and O–H groups in total. The summed E-state index contributed by atoms with van der Waals surface area (Å²) in [6, 6.07) is 7.94. The molecule has 5 nitrogen and oxygen atoms in total. The average molecular weight is 322 g/mol.